The molecule has 0 radical (unpaired) electrons. The van der Waals surface area contributed by atoms with E-state index in [4.69, 9.17) is 4.74 Å². The summed E-state index contributed by atoms with van der Waals surface area (Å²) in [5.74, 6) is 0.954. The summed E-state index contributed by atoms with van der Waals surface area (Å²) in [7, 11) is 1.68. The molecule has 26 heavy (non-hydrogen) atoms. The number of amides is 1. The van der Waals surface area contributed by atoms with Gasteiger partial charge in [0.1, 0.15) is 5.75 Å². The van der Waals surface area contributed by atoms with Crippen LogP contribution in [0.5, 0.6) is 5.75 Å². The van der Waals surface area contributed by atoms with Crippen molar-refractivity contribution >= 4 is 22.5 Å². The number of aromatic nitrogens is 1. The number of rotatable bonds is 3. The zero-order valence-electron chi connectivity index (χ0n) is 15.5. The number of hydrogen-bond donors (Lipinski definition) is 2. The van der Waals surface area contributed by atoms with Crippen molar-refractivity contribution in [1.29, 1.82) is 0 Å². The average Bonchev–Trinajstić information content (AvgIpc) is 3.02. The summed E-state index contributed by atoms with van der Waals surface area (Å²) in [4.78, 5) is 16.4. The van der Waals surface area contributed by atoms with Crippen LogP contribution >= 0.6 is 0 Å². The van der Waals surface area contributed by atoms with Gasteiger partial charge >= 0.3 is 0 Å². The highest BCUT2D eigenvalue weighted by molar-refractivity contribution is 5.95. The Morgan fingerprint density at radius 3 is 2.88 bits per heavy atom. The predicted molar refractivity (Wildman–Crippen MR) is 105 cm³/mol. The van der Waals surface area contributed by atoms with Crippen molar-refractivity contribution in [2.45, 2.75) is 33.1 Å². The Labute approximate surface area is 153 Å². The van der Waals surface area contributed by atoms with Crippen molar-refractivity contribution in [2.75, 3.05) is 12.4 Å². The lowest BCUT2D eigenvalue weighted by Crippen LogP contribution is -2.28. The normalized spacial score (nSPS) is 16.3. The van der Waals surface area contributed by atoms with E-state index in [1.54, 1.807) is 7.11 Å². The van der Waals surface area contributed by atoms with Crippen molar-refractivity contribution in [2.24, 2.45) is 5.92 Å². The smallest absolute Gasteiger partial charge is 0.227 e. The standard InChI is InChI=1S/C22H24N2O2/c1-13-5-4-6-19(14(13)2)24-22(25)15-7-9-20-17(11-15)18-12-16(26-3)8-10-21(18)23-20/h4-6,8,10,12,15,23H,7,9,11H2,1-3H3,(H,24,25). The number of nitrogens with one attached hydrogen (secondary N) is 2. The van der Waals surface area contributed by atoms with Gasteiger partial charge in [-0.05, 0) is 74.1 Å². The Hall–Kier alpha value is -2.75. The molecule has 4 nitrogen and oxygen atoms in total. The van der Waals surface area contributed by atoms with Crippen LogP contribution in [0.3, 0.4) is 0 Å². The summed E-state index contributed by atoms with van der Waals surface area (Å²) >= 11 is 0. The molecule has 2 N–H and O–H groups in total. The van der Waals surface area contributed by atoms with Crippen LogP contribution in [0.15, 0.2) is 36.4 Å². The van der Waals surface area contributed by atoms with Crippen LogP contribution in [0.2, 0.25) is 0 Å². The highest BCUT2D eigenvalue weighted by atomic mass is 16.5. The van der Waals surface area contributed by atoms with E-state index in [0.717, 1.165) is 41.8 Å². The Bertz CT molecular complexity index is 987. The van der Waals surface area contributed by atoms with Gasteiger partial charge in [-0.3, -0.25) is 4.79 Å². The van der Waals surface area contributed by atoms with Gasteiger partial charge in [-0.2, -0.15) is 0 Å². The molecule has 0 aliphatic heterocycles. The minimum absolute atomic E-state index is 0.00684. The maximum Gasteiger partial charge on any atom is 0.227 e. The van der Waals surface area contributed by atoms with Crippen LogP contribution in [0, 0.1) is 19.8 Å². The van der Waals surface area contributed by atoms with Gasteiger partial charge in [0.25, 0.3) is 0 Å². The molecule has 1 heterocycles. The lowest BCUT2D eigenvalue weighted by Gasteiger charge is -2.22. The first-order valence-corrected chi connectivity index (χ1v) is 9.11. The van der Waals surface area contributed by atoms with Crippen LogP contribution < -0.4 is 10.1 Å². The number of aryl methyl sites for hydroxylation is 2. The molecule has 1 atom stereocenters. The van der Waals surface area contributed by atoms with Gasteiger partial charge in [0.2, 0.25) is 5.91 Å². The lowest BCUT2D eigenvalue weighted by molar-refractivity contribution is -0.120. The minimum Gasteiger partial charge on any atom is -0.497 e. The fourth-order valence-corrected chi connectivity index (χ4v) is 3.87. The Balaban J connectivity index is 1.59. The van der Waals surface area contributed by atoms with Gasteiger partial charge in [-0.25, -0.2) is 0 Å². The van der Waals surface area contributed by atoms with Crippen LogP contribution in [-0.2, 0) is 17.6 Å². The monoisotopic (exact) mass is 348 g/mol. The third-order valence-corrected chi connectivity index (χ3v) is 5.63. The third kappa shape index (κ3) is 2.85. The molecule has 2 aromatic carbocycles. The molecule has 134 valence electrons. The molecule has 1 unspecified atom stereocenters. The molecule has 0 saturated heterocycles. The van der Waals surface area contributed by atoms with Gasteiger partial charge in [-0.1, -0.05) is 12.1 Å². The van der Waals surface area contributed by atoms with Crippen molar-refractivity contribution in [3.05, 3.63) is 58.8 Å². The van der Waals surface area contributed by atoms with E-state index in [-0.39, 0.29) is 11.8 Å². The number of H-pyrrole nitrogens is 1. The van der Waals surface area contributed by atoms with E-state index in [0.29, 0.717) is 0 Å². The SMILES string of the molecule is COc1ccc2[nH]c3c(c2c1)CC(C(=O)Nc1cccc(C)c1C)CC3. The average molecular weight is 348 g/mol. The number of methoxy groups -OCH3 is 1. The molecule has 0 saturated carbocycles. The lowest BCUT2D eigenvalue weighted by atomic mass is 9.85. The number of aromatic amines is 1. The second-order valence-electron chi connectivity index (χ2n) is 7.17. The van der Waals surface area contributed by atoms with E-state index in [1.807, 2.05) is 18.2 Å². The van der Waals surface area contributed by atoms with E-state index < -0.39 is 0 Å². The molecule has 1 aliphatic rings. The van der Waals surface area contributed by atoms with Crippen molar-refractivity contribution in [3.8, 4) is 5.75 Å². The summed E-state index contributed by atoms with van der Waals surface area (Å²) in [6, 6.07) is 12.1. The molecule has 4 rings (SSSR count). The molecule has 4 heteroatoms. The van der Waals surface area contributed by atoms with E-state index in [1.165, 1.54) is 22.2 Å². The summed E-state index contributed by atoms with van der Waals surface area (Å²) in [5, 5.41) is 4.31. The Morgan fingerprint density at radius 1 is 1.23 bits per heavy atom. The first kappa shape index (κ1) is 16.7. The van der Waals surface area contributed by atoms with Gasteiger partial charge in [0.15, 0.2) is 0 Å². The van der Waals surface area contributed by atoms with Crippen molar-refractivity contribution < 1.29 is 9.53 Å². The maximum absolute atomic E-state index is 12.9. The van der Waals surface area contributed by atoms with E-state index in [9.17, 15) is 4.79 Å². The van der Waals surface area contributed by atoms with Crippen LogP contribution in [0.1, 0.15) is 28.8 Å². The van der Waals surface area contributed by atoms with Crippen molar-refractivity contribution in [1.82, 2.24) is 4.98 Å². The second kappa shape index (κ2) is 6.52. The summed E-state index contributed by atoms with van der Waals surface area (Å²) in [6.45, 7) is 4.12. The molecular weight excluding hydrogens is 324 g/mol. The number of hydrogen-bond acceptors (Lipinski definition) is 2. The summed E-state index contributed by atoms with van der Waals surface area (Å²) < 4.78 is 5.37. The summed E-state index contributed by atoms with van der Waals surface area (Å²) in [5.41, 5.74) is 6.87. The molecule has 0 spiro atoms. The minimum atomic E-state index is -0.00684. The number of fused-ring (bicyclic) bond motifs is 3. The zero-order valence-corrected chi connectivity index (χ0v) is 15.5. The summed E-state index contributed by atoms with van der Waals surface area (Å²) in [6.07, 6.45) is 2.53. The largest absolute Gasteiger partial charge is 0.497 e. The van der Waals surface area contributed by atoms with E-state index in [2.05, 4.69) is 42.3 Å². The highest BCUT2D eigenvalue weighted by Gasteiger charge is 2.27. The third-order valence-electron chi connectivity index (χ3n) is 5.63. The predicted octanol–water partition coefficient (Wildman–Crippen LogP) is 4.54. The van der Waals surface area contributed by atoms with Gasteiger partial charge in [0, 0.05) is 28.2 Å². The Morgan fingerprint density at radius 2 is 2.08 bits per heavy atom. The molecular formula is C22H24N2O2. The molecule has 0 bridgehead atoms. The number of ether oxygens (including phenoxy) is 1. The maximum atomic E-state index is 12.9. The second-order valence-corrected chi connectivity index (χ2v) is 7.17. The van der Waals surface area contributed by atoms with E-state index >= 15 is 0 Å². The number of anilines is 1. The molecule has 1 amide bonds. The van der Waals surface area contributed by atoms with Gasteiger partial charge < -0.3 is 15.0 Å². The number of benzene rings is 2. The fraction of sp³-hybridized carbons (Fsp3) is 0.318. The van der Waals surface area contributed by atoms with Gasteiger partial charge in [-0.15, -0.1) is 0 Å². The number of carbonyl (C=O) groups is 1. The quantitative estimate of drug-likeness (QED) is 0.730. The first-order chi connectivity index (χ1) is 12.6. The van der Waals surface area contributed by atoms with Crippen LogP contribution in [0.25, 0.3) is 10.9 Å². The Kier molecular flexibility index (Phi) is 4.19. The number of carbonyl (C=O) groups excluding carboxylic acids is 1. The van der Waals surface area contributed by atoms with Crippen LogP contribution in [-0.4, -0.2) is 18.0 Å². The molecule has 0 fully saturated rings. The first-order valence-electron chi connectivity index (χ1n) is 9.11. The highest BCUT2D eigenvalue weighted by Crippen LogP contribution is 2.34. The fourth-order valence-electron chi connectivity index (χ4n) is 3.87. The van der Waals surface area contributed by atoms with Crippen molar-refractivity contribution in [3.63, 3.8) is 0 Å². The van der Waals surface area contributed by atoms with Gasteiger partial charge in [0.05, 0.1) is 7.11 Å². The molecule has 1 aromatic heterocycles. The van der Waals surface area contributed by atoms with Crippen LogP contribution in [0.4, 0.5) is 5.69 Å². The molecule has 1 aliphatic carbocycles. The zero-order chi connectivity index (χ0) is 18.3. The molecule has 3 aromatic rings. The topological polar surface area (TPSA) is 54.1 Å².